The van der Waals surface area contributed by atoms with Gasteiger partial charge in [0.05, 0.1) is 30.7 Å². The van der Waals surface area contributed by atoms with Gasteiger partial charge in [0, 0.05) is 23.7 Å². The summed E-state index contributed by atoms with van der Waals surface area (Å²) in [6.07, 6.45) is 0.126. The first-order chi connectivity index (χ1) is 15.8. The highest BCUT2D eigenvalue weighted by molar-refractivity contribution is 8.01. The lowest BCUT2D eigenvalue weighted by molar-refractivity contribution is -0.116. The number of carbonyl (C=O) groups is 3. The summed E-state index contributed by atoms with van der Waals surface area (Å²) in [5.41, 5.74) is 3.59. The number of benzene rings is 2. The fourth-order valence-electron chi connectivity index (χ4n) is 2.86. The van der Waals surface area contributed by atoms with Crippen LogP contribution in [0.1, 0.15) is 18.2 Å². The average Bonchev–Trinajstić information content (AvgIpc) is 3.21. The van der Waals surface area contributed by atoms with Crippen molar-refractivity contribution >= 4 is 57.9 Å². The molecule has 0 saturated carbocycles. The molecule has 172 valence electrons. The second-order valence-electron chi connectivity index (χ2n) is 7.13. The number of aryl methyl sites for hydroxylation is 1. The smallest absolute Gasteiger partial charge is 0.234 e. The lowest BCUT2D eigenvalue weighted by atomic mass is 10.2. The topological polar surface area (TPSA) is 109 Å². The summed E-state index contributed by atoms with van der Waals surface area (Å²) in [4.78, 5) is 40.1. The summed E-state index contributed by atoms with van der Waals surface area (Å²) in [6.45, 7) is 3.39. The molecule has 0 aliphatic heterocycles. The number of thioether (sulfide) groups is 1. The van der Waals surface area contributed by atoms with Crippen LogP contribution in [-0.4, -0.2) is 35.6 Å². The molecule has 3 amide bonds. The second kappa shape index (κ2) is 11.5. The second-order valence-corrected chi connectivity index (χ2v) is 9.21. The summed E-state index contributed by atoms with van der Waals surface area (Å²) in [6, 6.07) is 12.4. The number of anilines is 3. The van der Waals surface area contributed by atoms with Gasteiger partial charge < -0.3 is 20.7 Å². The Labute approximate surface area is 200 Å². The molecule has 8 nitrogen and oxygen atoms in total. The zero-order chi connectivity index (χ0) is 23.8. The van der Waals surface area contributed by atoms with Gasteiger partial charge in [-0.25, -0.2) is 4.98 Å². The number of methoxy groups -OCH3 is 1. The molecule has 2 aromatic carbocycles. The molecule has 10 heteroatoms. The molecule has 0 spiro atoms. The first-order valence-electron chi connectivity index (χ1n) is 10.0. The molecule has 3 aromatic rings. The van der Waals surface area contributed by atoms with Crippen molar-refractivity contribution in [2.45, 2.75) is 24.6 Å². The van der Waals surface area contributed by atoms with Crippen molar-refractivity contribution in [1.29, 1.82) is 0 Å². The maximum Gasteiger partial charge on any atom is 0.234 e. The molecule has 0 bridgehead atoms. The Kier molecular flexibility index (Phi) is 8.45. The van der Waals surface area contributed by atoms with Crippen molar-refractivity contribution in [2.24, 2.45) is 0 Å². The summed E-state index contributed by atoms with van der Waals surface area (Å²) in [5, 5.41) is 10.1. The van der Waals surface area contributed by atoms with E-state index in [0.717, 1.165) is 5.56 Å². The van der Waals surface area contributed by atoms with E-state index in [0.29, 0.717) is 32.8 Å². The van der Waals surface area contributed by atoms with Crippen molar-refractivity contribution in [3.05, 3.63) is 59.1 Å². The largest absolute Gasteiger partial charge is 0.495 e. The quantitative estimate of drug-likeness (QED) is 0.390. The highest BCUT2D eigenvalue weighted by Crippen LogP contribution is 2.26. The lowest BCUT2D eigenvalue weighted by Crippen LogP contribution is -2.15. The molecule has 0 saturated heterocycles. The number of carbonyl (C=O) groups excluding carboxylic acids is 3. The summed E-state index contributed by atoms with van der Waals surface area (Å²) < 4.78 is 6.02. The van der Waals surface area contributed by atoms with Gasteiger partial charge in [0.15, 0.2) is 4.34 Å². The van der Waals surface area contributed by atoms with Gasteiger partial charge in [-0.05, 0) is 48.9 Å². The third kappa shape index (κ3) is 7.62. The Morgan fingerprint density at radius 3 is 2.36 bits per heavy atom. The van der Waals surface area contributed by atoms with Crippen LogP contribution in [0, 0.1) is 6.92 Å². The van der Waals surface area contributed by atoms with Crippen LogP contribution < -0.4 is 20.7 Å². The maximum absolute atomic E-state index is 12.4. The van der Waals surface area contributed by atoms with Gasteiger partial charge in [-0.1, -0.05) is 17.8 Å². The van der Waals surface area contributed by atoms with E-state index in [4.69, 9.17) is 4.74 Å². The van der Waals surface area contributed by atoms with Crippen molar-refractivity contribution in [1.82, 2.24) is 4.98 Å². The first-order valence-corrected chi connectivity index (χ1v) is 11.9. The molecular formula is C23H24N4O4S2. The Morgan fingerprint density at radius 1 is 1.00 bits per heavy atom. The van der Waals surface area contributed by atoms with Crippen LogP contribution in [0.4, 0.5) is 17.1 Å². The minimum Gasteiger partial charge on any atom is -0.495 e. The van der Waals surface area contributed by atoms with E-state index in [-0.39, 0.29) is 29.9 Å². The monoisotopic (exact) mass is 484 g/mol. The normalized spacial score (nSPS) is 10.4. The fraction of sp³-hybridized carbons (Fsp3) is 0.217. The molecule has 0 radical (unpaired) electrons. The third-order valence-electron chi connectivity index (χ3n) is 4.32. The highest BCUT2D eigenvalue weighted by Gasteiger charge is 2.12. The van der Waals surface area contributed by atoms with Gasteiger partial charge in [0.1, 0.15) is 5.75 Å². The standard InChI is InChI=1S/C23H24N4O4S2/c1-14-4-9-19(20(10-14)31-3)27-21(29)11-18-12-32-23(26-18)33-13-22(30)25-17-7-5-16(6-8-17)24-15(2)28/h4-10,12H,11,13H2,1-3H3,(H,24,28)(H,25,30)(H,27,29). The van der Waals surface area contributed by atoms with Crippen LogP contribution >= 0.6 is 23.1 Å². The number of thiazole rings is 1. The fourth-order valence-corrected chi connectivity index (χ4v) is 4.51. The molecule has 1 aromatic heterocycles. The zero-order valence-corrected chi connectivity index (χ0v) is 20.1. The van der Waals surface area contributed by atoms with Crippen LogP contribution in [0.25, 0.3) is 0 Å². The molecule has 0 aliphatic carbocycles. The van der Waals surface area contributed by atoms with Crippen LogP contribution in [-0.2, 0) is 20.8 Å². The van der Waals surface area contributed by atoms with E-state index in [1.807, 2.05) is 24.4 Å². The van der Waals surface area contributed by atoms with Crippen molar-refractivity contribution in [3.63, 3.8) is 0 Å². The molecule has 0 unspecified atom stereocenters. The zero-order valence-electron chi connectivity index (χ0n) is 18.4. The number of rotatable bonds is 9. The van der Waals surface area contributed by atoms with Crippen molar-refractivity contribution in [3.8, 4) is 5.75 Å². The predicted molar refractivity (Wildman–Crippen MR) is 132 cm³/mol. The van der Waals surface area contributed by atoms with Crippen molar-refractivity contribution < 1.29 is 19.1 Å². The third-order valence-corrected chi connectivity index (χ3v) is 6.39. The van der Waals surface area contributed by atoms with Crippen LogP contribution in [0.15, 0.2) is 52.2 Å². The van der Waals surface area contributed by atoms with E-state index < -0.39 is 0 Å². The highest BCUT2D eigenvalue weighted by atomic mass is 32.2. The van der Waals surface area contributed by atoms with Gasteiger partial charge in [0.25, 0.3) is 0 Å². The van der Waals surface area contributed by atoms with Crippen LogP contribution in [0.2, 0.25) is 0 Å². The molecule has 0 fully saturated rings. The molecule has 3 N–H and O–H groups in total. The number of amides is 3. The first kappa shape index (κ1) is 24.3. The van der Waals surface area contributed by atoms with E-state index >= 15 is 0 Å². The molecule has 0 aliphatic rings. The maximum atomic E-state index is 12.4. The number of aromatic nitrogens is 1. The van der Waals surface area contributed by atoms with E-state index in [9.17, 15) is 14.4 Å². The lowest BCUT2D eigenvalue weighted by Gasteiger charge is -2.10. The van der Waals surface area contributed by atoms with Crippen molar-refractivity contribution in [2.75, 3.05) is 28.8 Å². The molecular weight excluding hydrogens is 460 g/mol. The predicted octanol–water partition coefficient (Wildman–Crippen LogP) is 4.33. The van der Waals surface area contributed by atoms with E-state index in [1.54, 1.807) is 37.4 Å². The van der Waals surface area contributed by atoms with Gasteiger partial charge in [-0.2, -0.15) is 0 Å². The van der Waals surface area contributed by atoms with Gasteiger partial charge in [-0.15, -0.1) is 11.3 Å². The molecule has 0 atom stereocenters. The Bertz CT molecular complexity index is 1150. The Morgan fingerprint density at radius 2 is 1.70 bits per heavy atom. The van der Waals surface area contributed by atoms with E-state index in [2.05, 4.69) is 20.9 Å². The Balaban J connectivity index is 1.47. The van der Waals surface area contributed by atoms with Crippen LogP contribution in [0.5, 0.6) is 5.75 Å². The van der Waals surface area contributed by atoms with Gasteiger partial charge >= 0.3 is 0 Å². The molecule has 3 rings (SSSR count). The summed E-state index contributed by atoms with van der Waals surface area (Å²) in [7, 11) is 1.56. The number of nitrogens with one attached hydrogen (secondary N) is 3. The number of hydrogen-bond acceptors (Lipinski definition) is 7. The Hall–Kier alpha value is -3.37. The minimum absolute atomic E-state index is 0.126. The number of ether oxygens (including phenoxy) is 1. The van der Waals surface area contributed by atoms with E-state index in [1.165, 1.54) is 30.0 Å². The van der Waals surface area contributed by atoms with Crippen LogP contribution in [0.3, 0.4) is 0 Å². The number of nitrogens with zero attached hydrogens (tertiary/aromatic N) is 1. The molecule has 1 heterocycles. The van der Waals surface area contributed by atoms with Gasteiger partial charge in [0.2, 0.25) is 17.7 Å². The minimum atomic E-state index is -0.195. The summed E-state index contributed by atoms with van der Waals surface area (Å²) in [5.74, 6) is 0.271. The summed E-state index contributed by atoms with van der Waals surface area (Å²) >= 11 is 2.70. The molecule has 33 heavy (non-hydrogen) atoms. The average molecular weight is 485 g/mol. The SMILES string of the molecule is COc1cc(C)ccc1NC(=O)Cc1csc(SCC(=O)Nc2ccc(NC(C)=O)cc2)n1. The van der Waals surface area contributed by atoms with Gasteiger partial charge in [-0.3, -0.25) is 14.4 Å². The number of hydrogen-bond donors (Lipinski definition) is 3.